The molecule has 1 aliphatic carbocycles. The van der Waals surface area contributed by atoms with Gasteiger partial charge < -0.3 is 0 Å². The van der Waals surface area contributed by atoms with Crippen molar-refractivity contribution < 1.29 is 4.79 Å². The number of Topliss-reactive ketones (excluding diaryl/α,β-unsaturated/α-hetero) is 1. The number of nitriles is 1. The Labute approximate surface area is 54.5 Å². The van der Waals surface area contributed by atoms with Gasteiger partial charge in [-0.3, -0.25) is 4.79 Å². The van der Waals surface area contributed by atoms with Crippen molar-refractivity contribution in [1.82, 2.24) is 0 Å². The Bertz CT molecular complexity index is 180. The van der Waals surface area contributed by atoms with E-state index in [0.29, 0.717) is 6.42 Å². The smallest absolute Gasteiger partial charge is 0.152 e. The van der Waals surface area contributed by atoms with Crippen molar-refractivity contribution in [2.24, 2.45) is 5.41 Å². The number of carbonyl (C=O) groups excluding carboxylic acids is 1. The van der Waals surface area contributed by atoms with Gasteiger partial charge in [-0.25, -0.2) is 0 Å². The first-order valence-electron chi connectivity index (χ1n) is 3.13. The highest BCUT2D eigenvalue weighted by atomic mass is 16.1. The van der Waals surface area contributed by atoms with E-state index in [1.807, 2.05) is 6.07 Å². The van der Waals surface area contributed by atoms with Crippen molar-refractivity contribution in [3.05, 3.63) is 0 Å². The van der Waals surface area contributed by atoms with Crippen molar-refractivity contribution in [2.45, 2.75) is 26.2 Å². The van der Waals surface area contributed by atoms with Crippen molar-refractivity contribution in [3.8, 4) is 6.07 Å². The average molecular weight is 123 g/mol. The minimum Gasteiger partial charge on any atom is -0.298 e. The molecule has 2 heteroatoms. The summed E-state index contributed by atoms with van der Waals surface area (Å²) in [7, 11) is 0. The molecule has 9 heavy (non-hydrogen) atoms. The van der Waals surface area contributed by atoms with Gasteiger partial charge in [0.2, 0.25) is 0 Å². The molecule has 0 aromatic rings. The zero-order chi connectivity index (χ0) is 6.91. The zero-order valence-corrected chi connectivity index (χ0v) is 5.48. The second-order valence-electron chi connectivity index (χ2n) is 2.72. The monoisotopic (exact) mass is 123 g/mol. The summed E-state index contributed by atoms with van der Waals surface area (Å²) >= 11 is 0. The van der Waals surface area contributed by atoms with Crippen LogP contribution in [-0.4, -0.2) is 5.78 Å². The molecule has 1 atom stereocenters. The van der Waals surface area contributed by atoms with Crippen LogP contribution in [0.15, 0.2) is 0 Å². The van der Waals surface area contributed by atoms with Crippen molar-refractivity contribution in [3.63, 3.8) is 0 Å². The quantitative estimate of drug-likeness (QED) is 0.486. The number of ketones is 1. The van der Waals surface area contributed by atoms with E-state index in [9.17, 15) is 4.79 Å². The number of nitrogens with zero attached hydrogens (tertiary/aromatic N) is 1. The van der Waals surface area contributed by atoms with Gasteiger partial charge in [0.15, 0.2) is 5.78 Å². The molecule has 0 unspecified atom stereocenters. The molecule has 0 aromatic carbocycles. The summed E-state index contributed by atoms with van der Waals surface area (Å²) in [6.07, 6.45) is 2.25. The topological polar surface area (TPSA) is 40.9 Å². The average Bonchev–Trinajstić information content (AvgIpc) is 2.15. The van der Waals surface area contributed by atoms with E-state index in [1.54, 1.807) is 6.92 Å². The second kappa shape index (κ2) is 1.84. The van der Waals surface area contributed by atoms with Crippen LogP contribution >= 0.6 is 0 Å². The van der Waals surface area contributed by atoms with Crippen molar-refractivity contribution >= 4 is 5.78 Å². The zero-order valence-electron chi connectivity index (χ0n) is 5.48. The summed E-state index contributed by atoms with van der Waals surface area (Å²) in [5, 5.41) is 8.52. The van der Waals surface area contributed by atoms with E-state index in [4.69, 9.17) is 5.26 Å². The fraction of sp³-hybridized carbons (Fsp3) is 0.714. The maximum absolute atomic E-state index is 10.9. The van der Waals surface area contributed by atoms with E-state index in [1.165, 1.54) is 0 Å². The van der Waals surface area contributed by atoms with E-state index in [2.05, 4.69) is 0 Å². The molecular formula is C7H9NO. The van der Waals surface area contributed by atoms with Gasteiger partial charge in [0.1, 0.15) is 5.41 Å². The van der Waals surface area contributed by atoms with Gasteiger partial charge in [0.25, 0.3) is 0 Å². The highest BCUT2D eigenvalue weighted by Crippen LogP contribution is 2.32. The molecule has 0 radical (unpaired) electrons. The molecule has 1 fully saturated rings. The van der Waals surface area contributed by atoms with E-state index >= 15 is 0 Å². The van der Waals surface area contributed by atoms with Crippen LogP contribution in [0.3, 0.4) is 0 Å². The predicted octanol–water partition coefficient (Wildman–Crippen LogP) is 1.27. The van der Waals surface area contributed by atoms with Gasteiger partial charge in [-0.1, -0.05) is 0 Å². The Morgan fingerprint density at radius 2 is 2.44 bits per heavy atom. The molecule has 0 amide bonds. The molecule has 1 rings (SSSR count). The summed E-state index contributed by atoms with van der Waals surface area (Å²) in [6, 6.07) is 2.04. The first-order valence-corrected chi connectivity index (χ1v) is 3.13. The fourth-order valence-electron chi connectivity index (χ4n) is 1.14. The molecule has 0 N–H and O–H groups in total. The van der Waals surface area contributed by atoms with Crippen LogP contribution < -0.4 is 0 Å². The Balaban J connectivity index is 2.82. The fourth-order valence-corrected chi connectivity index (χ4v) is 1.14. The van der Waals surface area contributed by atoms with Gasteiger partial charge >= 0.3 is 0 Å². The van der Waals surface area contributed by atoms with Gasteiger partial charge in [-0.15, -0.1) is 0 Å². The van der Waals surface area contributed by atoms with Gasteiger partial charge in [-0.2, -0.15) is 5.26 Å². The number of hydrogen-bond donors (Lipinski definition) is 0. The first kappa shape index (κ1) is 6.28. The molecule has 2 nitrogen and oxygen atoms in total. The Kier molecular flexibility index (Phi) is 1.28. The normalized spacial score (nSPS) is 34.4. The second-order valence-corrected chi connectivity index (χ2v) is 2.72. The Hall–Kier alpha value is -0.840. The molecule has 1 saturated carbocycles. The lowest BCUT2D eigenvalue weighted by Crippen LogP contribution is -2.18. The lowest BCUT2D eigenvalue weighted by atomic mass is 9.90. The summed E-state index contributed by atoms with van der Waals surface area (Å²) in [5.74, 6) is 0.116. The Morgan fingerprint density at radius 1 is 1.78 bits per heavy atom. The molecule has 0 saturated heterocycles. The third kappa shape index (κ3) is 0.829. The van der Waals surface area contributed by atoms with Crippen LogP contribution in [0, 0.1) is 16.7 Å². The maximum Gasteiger partial charge on any atom is 0.152 e. The summed E-state index contributed by atoms with van der Waals surface area (Å²) < 4.78 is 0. The van der Waals surface area contributed by atoms with Crippen LogP contribution in [0.25, 0.3) is 0 Å². The number of hydrogen-bond acceptors (Lipinski definition) is 2. The molecule has 0 aromatic heterocycles. The summed E-state index contributed by atoms with van der Waals surface area (Å²) in [5.41, 5.74) is -0.639. The van der Waals surface area contributed by atoms with Crippen LogP contribution in [0.2, 0.25) is 0 Å². The maximum atomic E-state index is 10.9. The molecular weight excluding hydrogens is 114 g/mol. The molecule has 0 spiro atoms. The van der Waals surface area contributed by atoms with E-state index < -0.39 is 5.41 Å². The minimum absolute atomic E-state index is 0.116. The van der Waals surface area contributed by atoms with E-state index in [-0.39, 0.29) is 5.78 Å². The SMILES string of the molecule is C[C@@]1(C#N)CCCC1=O. The number of carbonyl (C=O) groups is 1. The van der Waals surface area contributed by atoms with Gasteiger partial charge in [0, 0.05) is 6.42 Å². The summed E-state index contributed by atoms with van der Waals surface area (Å²) in [4.78, 5) is 10.9. The molecule has 0 aliphatic heterocycles. The Morgan fingerprint density at radius 3 is 2.67 bits per heavy atom. The number of rotatable bonds is 0. The molecule has 1 aliphatic rings. The van der Waals surface area contributed by atoms with Crippen LogP contribution in [0.5, 0.6) is 0 Å². The van der Waals surface area contributed by atoms with Crippen molar-refractivity contribution in [2.75, 3.05) is 0 Å². The molecule has 0 bridgehead atoms. The largest absolute Gasteiger partial charge is 0.298 e. The lowest BCUT2D eigenvalue weighted by Gasteiger charge is -2.08. The minimum atomic E-state index is -0.639. The highest BCUT2D eigenvalue weighted by molar-refractivity contribution is 5.88. The van der Waals surface area contributed by atoms with Crippen LogP contribution in [0.4, 0.5) is 0 Å². The lowest BCUT2D eigenvalue weighted by molar-refractivity contribution is -0.122. The van der Waals surface area contributed by atoms with Crippen LogP contribution in [-0.2, 0) is 4.79 Å². The predicted molar refractivity (Wildman–Crippen MR) is 32.6 cm³/mol. The third-order valence-corrected chi connectivity index (χ3v) is 1.94. The van der Waals surface area contributed by atoms with Gasteiger partial charge in [-0.05, 0) is 19.8 Å². The highest BCUT2D eigenvalue weighted by Gasteiger charge is 2.37. The van der Waals surface area contributed by atoms with E-state index in [0.717, 1.165) is 12.8 Å². The molecule has 0 heterocycles. The first-order chi connectivity index (χ1) is 4.19. The summed E-state index contributed by atoms with van der Waals surface area (Å²) in [6.45, 7) is 1.72. The molecule has 48 valence electrons. The standard InChI is InChI=1S/C7H9NO/c1-7(5-8)4-2-3-6(7)9/h2-4H2,1H3/t7-/m0/s1. The van der Waals surface area contributed by atoms with Crippen LogP contribution in [0.1, 0.15) is 26.2 Å². The third-order valence-electron chi connectivity index (χ3n) is 1.94. The van der Waals surface area contributed by atoms with Gasteiger partial charge in [0.05, 0.1) is 6.07 Å². The van der Waals surface area contributed by atoms with Crippen molar-refractivity contribution in [1.29, 1.82) is 5.26 Å².